The molecule has 1 saturated heterocycles. The molecule has 4 aromatic rings. The normalized spacial score (nSPS) is 15.3. The van der Waals surface area contributed by atoms with E-state index in [4.69, 9.17) is 10.5 Å². The quantitative estimate of drug-likeness (QED) is 0.311. The Hall–Kier alpha value is -3.55. The first kappa shape index (κ1) is 24.2. The van der Waals surface area contributed by atoms with Crippen LogP contribution in [0.4, 0.5) is 10.2 Å². The number of rotatable bonds is 6. The Morgan fingerprint density at radius 2 is 1.86 bits per heavy atom. The van der Waals surface area contributed by atoms with Crippen LogP contribution in [0, 0.1) is 5.95 Å². The number of nitrogens with one attached hydrogen (secondary N) is 2. The van der Waals surface area contributed by atoms with Gasteiger partial charge in [-0.1, -0.05) is 25.1 Å². The SMILES string of the molecule is CCC(NC)c1cc(-c2cc(-c3ccc4c(=O)[nH]ccc4c3)c(N)nc2F)ccc1C1CCOCC1. The first-order valence-electron chi connectivity index (χ1n) is 12.5. The molecule has 0 saturated carbocycles. The minimum absolute atomic E-state index is 0.112. The molecule has 0 aliphatic carbocycles. The third-order valence-corrected chi connectivity index (χ3v) is 7.28. The molecular weight excluding hydrogens is 455 g/mol. The Morgan fingerprint density at radius 1 is 1.11 bits per heavy atom. The van der Waals surface area contributed by atoms with E-state index in [2.05, 4.69) is 34.3 Å². The monoisotopic (exact) mass is 486 g/mol. The van der Waals surface area contributed by atoms with Crippen molar-refractivity contribution in [3.8, 4) is 22.3 Å². The topological polar surface area (TPSA) is 93.0 Å². The number of aromatic amines is 1. The van der Waals surface area contributed by atoms with Gasteiger partial charge in [0.15, 0.2) is 0 Å². The number of hydrogen-bond acceptors (Lipinski definition) is 5. The second-order valence-corrected chi connectivity index (χ2v) is 9.35. The van der Waals surface area contributed by atoms with Gasteiger partial charge in [-0.05, 0) is 90.2 Å². The van der Waals surface area contributed by atoms with Crippen LogP contribution in [0.3, 0.4) is 0 Å². The van der Waals surface area contributed by atoms with E-state index in [1.807, 2.05) is 31.3 Å². The van der Waals surface area contributed by atoms with Gasteiger partial charge in [0.2, 0.25) is 5.95 Å². The second kappa shape index (κ2) is 10.2. The second-order valence-electron chi connectivity index (χ2n) is 9.35. The van der Waals surface area contributed by atoms with E-state index in [1.165, 1.54) is 11.1 Å². The first-order chi connectivity index (χ1) is 17.5. The molecule has 0 radical (unpaired) electrons. The summed E-state index contributed by atoms with van der Waals surface area (Å²) in [7, 11) is 1.96. The number of hydrogen-bond donors (Lipinski definition) is 3. The average Bonchev–Trinajstić information content (AvgIpc) is 2.90. The van der Waals surface area contributed by atoms with E-state index < -0.39 is 5.95 Å². The van der Waals surface area contributed by atoms with Crippen molar-refractivity contribution in [3.05, 3.63) is 82.2 Å². The highest BCUT2D eigenvalue weighted by Gasteiger charge is 2.23. The van der Waals surface area contributed by atoms with E-state index in [1.54, 1.807) is 18.3 Å². The highest BCUT2D eigenvalue weighted by Crippen LogP contribution is 2.38. The molecule has 36 heavy (non-hydrogen) atoms. The first-order valence-corrected chi connectivity index (χ1v) is 12.5. The number of H-pyrrole nitrogens is 1. The van der Waals surface area contributed by atoms with Crippen molar-refractivity contribution in [1.82, 2.24) is 15.3 Å². The Kier molecular flexibility index (Phi) is 6.85. The van der Waals surface area contributed by atoms with Gasteiger partial charge in [-0.15, -0.1) is 0 Å². The molecule has 6 nitrogen and oxygen atoms in total. The number of anilines is 1. The van der Waals surface area contributed by atoms with Gasteiger partial charge in [-0.2, -0.15) is 4.39 Å². The van der Waals surface area contributed by atoms with Crippen molar-refractivity contribution >= 4 is 16.6 Å². The van der Waals surface area contributed by atoms with E-state index >= 15 is 4.39 Å². The fourth-order valence-electron chi connectivity index (χ4n) is 5.30. The standard InChI is InChI=1S/C29H31FN4O2/c1-3-26(32-2)25-15-19(4-6-21(25)17-9-12-36-13-10-17)23-16-24(28(31)34-27(23)30)18-5-7-22-20(14-18)8-11-33-29(22)35/h4-8,11,14-17,26,32H,3,9-10,12-13H2,1-2H3,(H2,31,34)(H,33,35). The molecule has 7 heteroatoms. The Labute approximate surface area is 209 Å². The lowest BCUT2D eigenvalue weighted by Gasteiger charge is -2.28. The number of benzene rings is 2. The summed E-state index contributed by atoms with van der Waals surface area (Å²) in [6.45, 7) is 3.68. The van der Waals surface area contributed by atoms with Crippen LogP contribution in [0.2, 0.25) is 0 Å². The molecule has 0 amide bonds. The van der Waals surface area contributed by atoms with E-state index in [9.17, 15) is 4.79 Å². The largest absolute Gasteiger partial charge is 0.383 e. The smallest absolute Gasteiger partial charge is 0.255 e. The number of fused-ring (bicyclic) bond motifs is 1. The predicted molar refractivity (Wildman–Crippen MR) is 142 cm³/mol. The third kappa shape index (κ3) is 4.52. The average molecular weight is 487 g/mol. The third-order valence-electron chi connectivity index (χ3n) is 7.28. The van der Waals surface area contributed by atoms with Crippen molar-refractivity contribution < 1.29 is 9.13 Å². The van der Waals surface area contributed by atoms with Crippen molar-refractivity contribution in [3.63, 3.8) is 0 Å². The van der Waals surface area contributed by atoms with E-state index in [-0.39, 0.29) is 17.4 Å². The maximum absolute atomic E-state index is 15.2. The molecule has 3 heterocycles. The van der Waals surface area contributed by atoms with Crippen molar-refractivity contribution in [1.29, 1.82) is 0 Å². The molecule has 1 unspecified atom stereocenters. The van der Waals surface area contributed by atoms with Crippen LogP contribution >= 0.6 is 0 Å². The van der Waals surface area contributed by atoms with Gasteiger partial charge < -0.3 is 20.8 Å². The number of nitrogens with zero attached hydrogens (tertiary/aromatic N) is 1. The predicted octanol–water partition coefficient (Wildman–Crippen LogP) is 5.54. The zero-order valence-corrected chi connectivity index (χ0v) is 20.6. The summed E-state index contributed by atoms with van der Waals surface area (Å²) >= 11 is 0. The van der Waals surface area contributed by atoms with Crippen LogP contribution in [0.1, 0.15) is 49.3 Å². The highest BCUT2D eigenvalue weighted by atomic mass is 19.1. The van der Waals surface area contributed by atoms with Crippen LogP contribution in [0.5, 0.6) is 0 Å². The van der Waals surface area contributed by atoms with E-state index in [0.717, 1.165) is 49.0 Å². The molecule has 5 rings (SSSR count). The number of ether oxygens (including phenoxy) is 1. The molecule has 0 spiro atoms. The molecule has 1 aliphatic rings. The van der Waals surface area contributed by atoms with Crippen molar-refractivity contribution in [2.75, 3.05) is 26.0 Å². The number of nitrogen functional groups attached to an aromatic ring is 1. The summed E-state index contributed by atoms with van der Waals surface area (Å²) in [5.41, 5.74) is 11.1. The van der Waals surface area contributed by atoms with Gasteiger partial charge >= 0.3 is 0 Å². The van der Waals surface area contributed by atoms with Gasteiger partial charge in [0.05, 0.1) is 0 Å². The molecule has 0 bridgehead atoms. The molecule has 1 fully saturated rings. The van der Waals surface area contributed by atoms with Crippen LogP contribution < -0.4 is 16.6 Å². The Bertz CT molecular complexity index is 1460. The fraction of sp³-hybridized carbons (Fsp3) is 0.310. The zero-order valence-electron chi connectivity index (χ0n) is 20.6. The molecule has 4 N–H and O–H groups in total. The minimum atomic E-state index is -0.601. The molecule has 186 valence electrons. The number of pyridine rings is 2. The fourth-order valence-corrected chi connectivity index (χ4v) is 5.30. The van der Waals surface area contributed by atoms with Gasteiger partial charge in [-0.25, -0.2) is 4.98 Å². The molecule has 2 aromatic carbocycles. The van der Waals surface area contributed by atoms with Crippen LogP contribution in [-0.2, 0) is 4.74 Å². The number of aromatic nitrogens is 2. The Morgan fingerprint density at radius 3 is 2.61 bits per heavy atom. The summed E-state index contributed by atoms with van der Waals surface area (Å²) in [4.78, 5) is 18.8. The van der Waals surface area contributed by atoms with E-state index in [0.29, 0.717) is 22.4 Å². The molecular formula is C29H31FN4O2. The maximum Gasteiger partial charge on any atom is 0.255 e. The number of halogens is 1. The van der Waals surface area contributed by atoms with Gasteiger partial charge in [0, 0.05) is 42.0 Å². The van der Waals surface area contributed by atoms with Crippen LogP contribution in [0.25, 0.3) is 33.0 Å². The lowest BCUT2D eigenvalue weighted by Crippen LogP contribution is -2.21. The lowest BCUT2D eigenvalue weighted by atomic mass is 9.83. The molecule has 1 atom stereocenters. The molecule has 2 aromatic heterocycles. The Balaban J connectivity index is 1.62. The van der Waals surface area contributed by atoms with Gasteiger partial charge in [-0.3, -0.25) is 4.79 Å². The number of nitrogens with two attached hydrogens (primary N) is 1. The maximum atomic E-state index is 15.2. The summed E-state index contributed by atoms with van der Waals surface area (Å²) in [5, 5.41) is 4.79. The lowest BCUT2D eigenvalue weighted by molar-refractivity contribution is 0.0850. The van der Waals surface area contributed by atoms with Crippen molar-refractivity contribution in [2.45, 2.75) is 38.1 Å². The zero-order chi connectivity index (χ0) is 25.2. The van der Waals surface area contributed by atoms with Crippen LogP contribution in [-0.4, -0.2) is 30.2 Å². The van der Waals surface area contributed by atoms with Gasteiger partial charge in [0.25, 0.3) is 5.56 Å². The molecule has 1 aliphatic heterocycles. The minimum Gasteiger partial charge on any atom is -0.383 e. The van der Waals surface area contributed by atoms with Crippen molar-refractivity contribution in [2.24, 2.45) is 0 Å². The van der Waals surface area contributed by atoms with Crippen LogP contribution in [0.15, 0.2) is 59.5 Å². The summed E-state index contributed by atoms with van der Waals surface area (Å²) in [6.07, 6.45) is 4.50. The summed E-state index contributed by atoms with van der Waals surface area (Å²) in [6, 6.07) is 15.4. The van der Waals surface area contributed by atoms with Gasteiger partial charge in [0.1, 0.15) is 5.82 Å². The summed E-state index contributed by atoms with van der Waals surface area (Å²) in [5.74, 6) is -0.0622. The summed E-state index contributed by atoms with van der Waals surface area (Å²) < 4.78 is 20.8. The highest BCUT2D eigenvalue weighted by molar-refractivity contribution is 5.89.